The Morgan fingerprint density at radius 3 is 2.50 bits per heavy atom. The highest BCUT2D eigenvalue weighted by molar-refractivity contribution is 6.65. The van der Waals surface area contributed by atoms with Crippen LogP contribution >= 0.6 is 0 Å². The lowest BCUT2D eigenvalue weighted by atomic mass is 10.5. The van der Waals surface area contributed by atoms with E-state index >= 15 is 0 Å². The van der Waals surface area contributed by atoms with Gasteiger partial charge < -0.3 is 4.74 Å². The summed E-state index contributed by atoms with van der Waals surface area (Å²) in [6.45, 7) is 2.89. The van der Waals surface area contributed by atoms with Crippen LogP contribution in [0.3, 0.4) is 0 Å². The Kier molecular flexibility index (Phi) is 5.04. The number of carbonyl (C=O) groups is 1. The Hall–Kier alpha value is -0.453. The van der Waals surface area contributed by atoms with E-state index in [-0.39, 0.29) is 25.1 Å². The Bertz CT molecular complexity index is 150. The minimum absolute atomic E-state index is 0.0208. The van der Waals surface area contributed by atoms with Gasteiger partial charge in [0.2, 0.25) is 0 Å². The average Bonchev–Trinajstić information content (AvgIpc) is 1.98. The molecule has 72 valence electrons. The molecular weight excluding hydrogens is 182 g/mol. The molecule has 0 amide bonds. The second-order valence-electron chi connectivity index (χ2n) is 2.65. The first-order chi connectivity index (χ1) is 5.48. The molecule has 0 bridgehead atoms. The second-order valence-corrected chi connectivity index (χ2v) is 5.57. The highest BCUT2D eigenvalue weighted by Gasteiger charge is 2.31. The molecule has 0 unspecified atom stereocenters. The number of hydrogen-bond donors (Lipinski definition) is 0. The van der Waals surface area contributed by atoms with Gasteiger partial charge in [-0.05, 0) is 12.5 Å². The maximum absolute atomic E-state index is 12.7. The molecule has 0 aromatic rings. The van der Waals surface area contributed by atoms with Crippen LogP contribution in [0.15, 0.2) is 0 Å². The largest absolute Gasteiger partial charge is 0.466 e. The third-order valence-electron chi connectivity index (χ3n) is 1.51. The van der Waals surface area contributed by atoms with Gasteiger partial charge >= 0.3 is 14.7 Å². The first kappa shape index (κ1) is 11.5. The molecule has 5 heteroatoms. The molecule has 0 aromatic heterocycles. The molecule has 0 aliphatic heterocycles. The normalized spacial score (nSPS) is 11.3. The van der Waals surface area contributed by atoms with Crippen LogP contribution in [0.4, 0.5) is 8.22 Å². The van der Waals surface area contributed by atoms with Crippen molar-refractivity contribution >= 4 is 14.7 Å². The van der Waals surface area contributed by atoms with Crippen molar-refractivity contribution in [3.8, 4) is 0 Å². The number of ether oxygens (including phenoxy) is 1. The van der Waals surface area contributed by atoms with Crippen molar-refractivity contribution in [1.82, 2.24) is 0 Å². The molecule has 0 saturated heterocycles. The van der Waals surface area contributed by atoms with Gasteiger partial charge in [-0.1, -0.05) is 6.92 Å². The zero-order valence-electron chi connectivity index (χ0n) is 7.40. The fourth-order valence-electron chi connectivity index (χ4n) is 0.723. The fraction of sp³-hybridized carbons (Fsp3) is 0.857. The van der Waals surface area contributed by atoms with E-state index in [0.29, 0.717) is 0 Å². The Labute approximate surface area is 72.3 Å². The molecule has 0 saturated carbocycles. The summed E-state index contributed by atoms with van der Waals surface area (Å²) in [5, 5.41) is 0. The first-order valence-electron chi connectivity index (χ1n) is 3.99. The molecule has 0 heterocycles. The van der Waals surface area contributed by atoms with Crippen LogP contribution in [0.5, 0.6) is 0 Å². The predicted molar refractivity (Wildman–Crippen MR) is 44.5 cm³/mol. The van der Waals surface area contributed by atoms with Crippen molar-refractivity contribution < 1.29 is 17.7 Å². The van der Waals surface area contributed by atoms with Gasteiger partial charge in [-0.25, -0.2) is 0 Å². The van der Waals surface area contributed by atoms with E-state index in [2.05, 4.69) is 4.74 Å². The van der Waals surface area contributed by atoms with E-state index in [1.54, 1.807) is 0 Å². The number of esters is 1. The summed E-state index contributed by atoms with van der Waals surface area (Å²) in [6.07, 6.45) is 0.284. The van der Waals surface area contributed by atoms with Gasteiger partial charge in [0, 0.05) is 13.0 Å². The Morgan fingerprint density at radius 2 is 2.08 bits per heavy atom. The van der Waals surface area contributed by atoms with E-state index in [9.17, 15) is 13.0 Å². The van der Waals surface area contributed by atoms with Gasteiger partial charge in [-0.15, -0.1) is 0 Å². The summed E-state index contributed by atoms with van der Waals surface area (Å²) in [5.41, 5.74) is 0. The van der Waals surface area contributed by atoms with Gasteiger partial charge in [-0.3, -0.25) is 13.0 Å². The molecule has 12 heavy (non-hydrogen) atoms. The van der Waals surface area contributed by atoms with Crippen molar-refractivity contribution in [2.45, 2.75) is 32.4 Å². The molecule has 0 fully saturated rings. The maximum Gasteiger partial charge on any atom is 0.424 e. The van der Waals surface area contributed by atoms with E-state index in [4.69, 9.17) is 0 Å². The molecule has 0 rings (SSSR count). The van der Waals surface area contributed by atoms with E-state index < -0.39 is 14.7 Å². The van der Waals surface area contributed by atoms with Gasteiger partial charge in [0.05, 0.1) is 6.61 Å². The summed E-state index contributed by atoms with van der Waals surface area (Å²) in [7, 11) is -3.94. The highest BCUT2D eigenvalue weighted by Crippen LogP contribution is 2.19. The van der Waals surface area contributed by atoms with Crippen LogP contribution in [-0.2, 0) is 9.53 Å². The Balaban J connectivity index is 3.37. The van der Waals surface area contributed by atoms with Crippen molar-refractivity contribution in [2.75, 3.05) is 6.61 Å². The number of hydrogen-bond acceptors (Lipinski definition) is 2. The quantitative estimate of drug-likeness (QED) is 0.292. The lowest BCUT2D eigenvalue weighted by molar-refractivity contribution is -0.140. The minimum atomic E-state index is -3.94. The fourth-order valence-corrected chi connectivity index (χ4v) is 1.74. The second kappa shape index (κ2) is 5.24. The zero-order chi connectivity index (χ0) is 9.61. The van der Waals surface area contributed by atoms with Crippen molar-refractivity contribution in [3.63, 3.8) is 0 Å². The average molecular weight is 196 g/mol. The van der Waals surface area contributed by atoms with E-state index in [1.807, 2.05) is 0 Å². The summed E-state index contributed by atoms with van der Waals surface area (Å²) < 4.78 is 29.9. The monoisotopic (exact) mass is 196 g/mol. The molecule has 0 aliphatic rings. The number of rotatable bonds is 5. The molecule has 0 spiro atoms. The molecule has 0 radical (unpaired) electrons. The standard InChI is InChI=1S/C7H14F2O2Si/c1-3-12(8,9)6-4-5-11-7(2)10/h3-6H2,1-2H3. The third-order valence-corrected chi connectivity index (χ3v) is 3.63. The van der Waals surface area contributed by atoms with Crippen LogP contribution in [0, 0.1) is 0 Å². The van der Waals surface area contributed by atoms with Gasteiger partial charge in [0.25, 0.3) is 0 Å². The minimum Gasteiger partial charge on any atom is -0.466 e. The number of carbonyl (C=O) groups excluding carboxylic acids is 1. The van der Waals surface area contributed by atoms with E-state index in [0.717, 1.165) is 0 Å². The molecule has 0 N–H and O–H groups in total. The summed E-state index contributed by atoms with van der Waals surface area (Å²) in [5.74, 6) is -0.406. The van der Waals surface area contributed by atoms with Crippen molar-refractivity contribution in [1.29, 1.82) is 0 Å². The molecule has 2 nitrogen and oxygen atoms in total. The topological polar surface area (TPSA) is 26.3 Å². The van der Waals surface area contributed by atoms with Crippen LogP contribution in [-0.4, -0.2) is 21.3 Å². The summed E-state index contributed by atoms with van der Waals surface area (Å²) in [4.78, 5) is 10.2. The molecular formula is C7H14F2O2Si. The van der Waals surface area contributed by atoms with Crippen molar-refractivity contribution in [2.24, 2.45) is 0 Å². The molecule has 0 atom stereocenters. The van der Waals surface area contributed by atoms with Crippen LogP contribution in [0.2, 0.25) is 12.1 Å². The third kappa shape index (κ3) is 6.27. The van der Waals surface area contributed by atoms with Crippen LogP contribution < -0.4 is 0 Å². The highest BCUT2D eigenvalue weighted by atomic mass is 28.4. The summed E-state index contributed by atoms with van der Waals surface area (Å²) >= 11 is 0. The lowest BCUT2D eigenvalue weighted by Gasteiger charge is -2.09. The van der Waals surface area contributed by atoms with E-state index in [1.165, 1.54) is 13.8 Å². The molecule has 0 aromatic carbocycles. The van der Waals surface area contributed by atoms with Crippen molar-refractivity contribution in [3.05, 3.63) is 0 Å². The van der Waals surface area contributed by atoms with Gasteiger partial charge in [0.15, 0.2) is 0 Å². The van der Waals surface area contributed by atoms with Gasteiger partial charge in [-0.2, -0.15) is 0 Å². The Morgan fingerprint density at radius 1 is 1.50 bits per heavy atom. The van der Waals surface area contributed by atoms with Crippen LogP contribution in [0.25, 0.3) is 0 Å². The van der Waals surface area contributed by atoms with Crippen LogP contribution in [0.1, 0.15) is 20.3 Å². The maximum atomic E-state index is 12.7. The number of halogens is 2. The predicted octanol–water partition coefficient (Wildman–Crippen LogP) is 2.34. The van der Waals surface area contributed by atoms with Gasteiger partial charge in [0.1, 0.15) is 0 Å². The lowest BCUT2D eigenvalue weighted by Crippen LogP contribution is -2.20. The molecule has 0 aliphatic carbocycles. The summed E-state index contributed by atoms with van der Waals surface area (Å²) in [6, 6.07) is -0.0934. The zero-order valence-corrected chi connectivity index (χ0v) is 8.40. The SMILES string of the molecule is CC[Si](F)(F)CCCOC(C)=O. The smallest absolute Gasteiger partial charge is 0.424 e. The first-order valence-corrected chi connectivity index (χ1v) is 6.16.